The van der Waals surface area contributed by atoms with Crippen molar-refractivity contribution in [3.05, 3.63) is 64.3 Å². The first-order valence-electron chi connectivity index (χ1n) is 11.4. The number of carbonyl (C=O) groups is 1. The highest BCUT2D eigenvalue weighted by molar-refractivity contribution is 6.31. The molecule has 1 amide bonds. The summed E-state index contributed by atoms with van der Waals surface area (Å²) < 4.78 is 21.0. The standard InChI is InChI=1S/C23H26ClN3O2.C3H7FO/c1-26(2)11-3-13-29-18-7-4-16(5-8-18)23-22-19(10-12-27(23)15-28)20-14-17(24)6-9-21(20)25-22;1-5-3-2-4/h4-9,14-15,23,25H,3,10-13H2,1-2H3;2-3H2,1H3. The average molecular weight is 490 g/mol. The number of alkyl halides is 1. The minimum absolute atomic E-state index is 0.134. The van der Waals surface area contributed by atoms with Crippen molar-refractivity contribution in [2.75, 3.05) is 54.2 Å². The molecule has 0 radical (unpaired) electrons. The van der Waals surface area contributed by atoms with Gasteiger partial charge >= 0.3 is 0 Å². The fraction of sp³-hybridized carbons (Fsp3) is 0.423. The molecule has 0 bridgehead atoms. The largest absolute Gasteiger partial charge is 0.494 e. The molecule has 0 spiro atoms. The second kappa shape index (κ2) is 12.7. The van der Waals surface area contributed by atoms with E-state index >= 15 is 0 Å². The molecule has 8 heteroatoms. The number of benzene rings is 2. The molecule has 1 atom stereocenters. The van der Waals surface area contributed by atoms with E-state index in [1.165, 1.54) is 12.7 Å². The maximum atomic E-state index is 11.8. The van der Waals surface area contributed by atoms with Crippen LogP contribution in [0.2, 0.25) is 5.02 Å². The molecule has 184 valence electrons. The molecule has 4 rings (SSSR count). The van der Waals surface area contributed by atoms with Crippen molar-refractivity contribution in [3.63, 3.8) is 0 Å². The lowest BCUT2D eigenvalue weighted by Crippen LogP contribution is -2.34. The average Bonchev–Trinajstić information content (AvgIpc) is 3.20. The van der Waals surface area contributed by atoms with E-state index in [-0.39, 0.29) is 19.3 Å². The number of hydrogen-bond donors (Lipinski definition) is 1. The number of H-pyrrole nitrogens is 1. The normalized spacial score (nSPS) is 15.1. The molecule has 1 N–H and O–H groups in total. The zero-order valence-corrected chi connectivity index (χ0v) is 20.8. The number of amides is 1. The summed E-state index contributed by atoms with van der Waals surface area (Å²) >= 11 is 6.22. The van der Waals surface area contributed by atoms with Gasteiger partial charge in [-0.3, -0.25) is 4.79 Å². The molecule has 0 saturated heterocycles. The van der Waals surface area contributed by atoms with Gasteiger partial charge < -0.3 is 24.3 Å². The van der Waals surface area contributed by atoms with Crippen molar-refractivity contribution < 1.29 is 18.7 Å². The summed E-state index contributed by atoms with van der Waals surface area (Å²) in [6.07, 6.45) is 2.74. The first kappa shape index (κ1) is 26.0. The van der Waals surface area contributed by atoms with Crippen LogP contribution in [0.4, 0.5) is 4.39 Å². The van der Waals surface area contributed by atoms with Crippen LogP contribution in [0, 0.1) is 0 Å². The number of halogens is 2. The molecular weight excluding hydrogens is 457 g/mol. The fourth-order valence-electron chi connectivity index (χ4n) is 4.15. The lowest BCUT2D eigenvalue weighted by molar-refractivity contribution is -0.120. The summed E-state index contributed by atoms with van der Waals surface area (Å²) in [4.78, 5) is 19.3. The lowest BCUT2D eigenvalue weighted by atomic mass is 9.93. The molecule has 1 unspecified atom stereocenters. The number of fused-ring (bicyclic) bond motifs is 3. The van der Waals surface area contributed by atoms with Gasteiger partial charge in [-0.2, -0.15) is 0 Å². The molecule has 0 fully saturated rings. The quantitative estimate of drug-likeness (QED) is 0.344. The van der Waals surface area contributed by atoms with Gasteiger partial charge in [-0.25, -0.2) is 4.39 Å². The molecule has 1 aliphatic rings. The second-order valence-electron chi connectivity index (χ2n) is 8.46. The fourth-order valence-corrected chi connectivity index (χ4v) is 4.32. The second-order valence-corrected chi connectivity index (χ2v) is 8.90. The number of carbonyl (C=O) groups excluding carboxylic acids is 1. The molecule has 3 aromatic rings. The summed E-state index contributed by atoms with van der Waals surface area (Å²) in [6.45, 7) is 2.22. The molecule has 34 heavy (non-hydrogen) atoms. The summed E-state index contributed by atoms with van der Waals surface area (Å²) in [5.74, 6) is 0.852. The Bertz CT molecular complexity index is 1050. The Kier molecular flexibility index (Phi) is 9.74. The van der Waals surface area contributed by atoms with Gasteiger partial charge in [0.15, 0.2) is 0 Å². The van der Waals surface area contributed by atoms with Crippen LogP contribution in [0.25, 0.3) is 10.9 Å². The van der Waals surface area contributed by atoms with Crippen molar-refractivity contribution in [2.45, 2.75) is 18.9 Å². The maximum Gasteiger partial charge on any atom is 0.210 e. The Labute approximate surface area is 205 Å². The van der Waals surface area contributed by atoms with Crippen LogP contribution in [0.5, 0.6) is 5.75 Å². The molecule has 0 saturated carbocycles. The summed E-state index contributed by atoms with van der Waals surface area (Å²) in [7, 11) is 5.59. The number of hydrogen-bond acceptors (Lipinski definition) is 4. The van der Waals surface area contributed by atoms with Gasteiger partial charge in [0, 0.05) is 41.8 Å². The zero-order valence-electron chi connectivity index (χ0n) is 20.0. The van der Waals surface area contributed by atoms with Crippen molar-refractivity contribution in [3.8, 4) is 5.75 Å². The number of methoxy groups -OCH3 is 1. The third-order valence-electron chi connectivity index (χ3n) is 5.76. The van der Waals surface area contributed by atoms with Crippen LogP contribution in [-0.2, 0) is 16.0 Å². The molecule has 6 nitrogen and oxygen atoms in total. The van der Waals surface area contributed by atoms with Gasteiger partial charge in [0.05, 0.1) is 19.3 Å². The van der Waals surface area contributed by atoms with E-state index in [1.807, 2.05) is 35.2 Å². The van der Waals surface area contributed by atoms with E-state index < -0.39 is 0 Å². The van der Waals surface area contributed by atoms with Crippen LogP contribution in [0.3, 0.4) is 0 Å². The van der Waals surface area contributed by atoms with Gasteiger partial charge in [0.2, 0.25) is 6.41 Å². The smallest absolute Gasteiger partial charge is 0.210 e. The van der Waals surface area contributed by atoms with E-state index in [0.29, 0.717) is 13.2 Å². The van der Waals surface area contributed by atoms with Gasteiger partial charge in [0.25, 0.3) is 0 Å². The van der Waals surface area contributed by atoms with E-state index in [4.69, 9.17) is 16.3 Å². The topological polar surface area (TPSA) is 57.8 Å². The Balaban J connectivity index is 0.000000588. The van der Waals surface area contributed by atoms with Crippen LogP contribution in [0.1, 0.15) is 29.3 Å². The molecule has 0 aliphatic carbocycles. The first-order chi connectivity index (χ1) is 16.5. The lowest BCUT2D eigenvalue weighted by Gasteiger charge is -2.33. The summed E-state index contributed by atoms with van der Waals surface area (Å²) in [6, 6.07) is 13.8. The van der Waals surface area contributed by atoms with E-state index in [9.17, 15) is 9.18 Å². The highest BCUT2D eigenvalue weighted by atomic mass is 35.5. The van der Waals surface area contributed by atoms with Crippen molar-refractivity contribution in [2.24, 2.45) is 0 Å². The summed E-state index contributed by atoms with van der Waals surface area (Å²) in [5, 5.41) is 1.87. The number of ether oxygens (including phenoxy) is 2. The predicted octanol–water partition coefficient (Wildman–Crippen LogP) is 4.86. The SMILES string of the molecule is CN(C)CCCOc1ccc(C2c3[nH]c4ccc(Cl)cc4c3CCN2C=O)cc1.COCCF. The molecular formula is C26H33ClFN3O3. The van der Waals surface area contributed by atoms with Crippen molar-refractivity contribution in [1.82, 2.24) is 14.8 Å². The molecule has 2 aromatic carbocycles. The predicted molar refractivity (Wildman–Crippen MR) is 135 cm³/mol. The zero-order chi connectivity index (χ0) is 24.5. The van der Waals surface area contributed by atoms with Crippen LogP contribution < -0.4 is 4.74 Å². The number of rotatable bonds is 9. The third-order valence-corrected chi connectivity index (χ3v) is 5.99. The maximum absolute atomic E-state index is 11.8. The highest BCUT2D eigenvalue weighted by Crippen LogP contribution is 2.38. The molecule has 1 aromatic heterocycles. The Morgan fingerprint density at radius 3 is 2.59 bits per heavy atom. The van der Waals surface area contributed by atoms with E-state index in [1.54, 1.807) is 0 Å². The van der Waals surface area contributed by atoms with Crippen molar-refractivity contribution in [1.29, 1.82) is 0 Å². The van der Waals surface area contributed by atoms with Crippen LogP contribution in [-0.4, -0.2) is 75.4 Å². The number of aromatic nitrogens is 1. The van der Waals surface area contributed by atoms with E-state index in [0.717, 1.165) is 58.7 Å². The molecule has 1 aliphatic heterocycles. The Morgan fingerprint density at radius 1 is 1.21 bits per heavy atom. The highest BCUT2D eigenvalue weighted by Gasteiger charge is 2.31. The van der Waals surface area contributed by atoms with Gasteiger partial charge in [-0.15, -0.1) is 0 Å². The number of nitrogens with zero attached hydrogens (tertiary/aromatic N) is 2. The van der Waals surface area contributed by atoms with E-state index in [2.05, 4.69) is 40.8 Å². The first-order valence-corrected chi connectivity index (χ1v) is 11.8. The minimum Gasteiger partial charge on any atom is -0.494 e. The Morgan fingerprint density at radius 2 is 1.97 bits per heavy atom. The third kappa shape index (κ3) is 6.50. The number of aromatic amines is 1. The minimum atomic E-state index is -0.378. The van der Waals surface area contributed by atoms with Crippen LogP contribution >= 0.6 is 11.6 Å². The van der Waals surface area contributed by atoms with Crippen LogP contribution in [0.15, 0.2) is 42.5 Å². The summed E-state index contributed by atoms with van der Waals surface area (Å²) in [5.41, 5.74) is 4.43. The monoisotopic (exact) mass is 489 g/mol. The molecule has 2 heterocycles. The van der Waals surface area contributed by atoms with Gasteiger partial charge in [-0.05, 0) is 68.4 Å². The number of nitrogens with one attached hydrogen (secondary N) is 1. The Hall–Kier alpha value is -2.61. The van der Waals surface area contributed by atoms with Gasteiger partial charge in [-0.1, -0.05) is 23.7 Å². The van der Waals surface area contributed by atoms with Gasteiger partial charge in [0.1, 0.15) is 12.4 Å². The van der Waals surface area contributed by atoms with Crippen molar-refractivity contribution >= 4 is 28.9 Å².